The summed E-state index contributed by atoms with van der Waals surface area (Å²) in [6.45, 7) is 2.69. The number of nitrogens with one attached hydrogen (secondary N) is 1. The molecule has 1 N–H and O–H groups in total. The maximum Gasteiger partial charge on any atom is 0.317 e. The van der Waals surface area contributed by atoms with Gasteiger partial charge in [-0.25, -0.2) is 4.79 Å². The standard InChI is InChI=1S/C14H25N3O5/c1-21-11-12(18)16-7-9-17(10-8-16)14(20)15-6-4-3-5-13(19)22-2/h3-11H2,1-2H3,(H,15,20). The molecule has 1 rings (SSSR count). The second-order valence-electron chi connectivity index (χ2n) is 5.07. The van der Waals surface area contributed by atoms with E-state index in [1.54, 1.807) is 9.80 Å². The van der Waals surface area contributed by atoms with Gasteiger partial charge in [0.05, 0.1) is 7.11 Å². The SMILES string of the molecule is COCC(=O)N1CCN(C(=O)NCCCCC(=O)OC)CC1. The van der Waals surface area contributed by atoms with Gasteiger partial charge in [0.1, 0.15) is 6.61 Å². The first kappa shape index (κ1) is 18.2. The molecule has 0 unspecified atom stereocenters. The quantitative estimate of drug-likeness (QED) is 0.520. The molecule has 8 nitrogen and oxygen atoms in total. The number of piperazine rings is 1. The van der Waals surface area contributed by atoms with Gasteiger partial charge in [-0.2, -0.15) is 0 Å². The van der Waals surface area contributed by atoms with Crippen molar-refractivity contribution in [1.82, 2.24) is 15.1 Å². The van der Waals surface area contributed by atoms with Crippen LogP contribution in [0, 0.1) is 0 Å². The van der Waals surface area contributed by atoms with Gasteiger partial charge < -0.3 is 24.6 Å². The fraction of sp³-hybridized carbons (Fsp3) is 0.786. The molecule has 3 amide bonds. The fourth-order valence-electron chi connectivity index (χ4n) is 2.18. The molecule has 8 heteroatoms. The summed E-state index contributed by atoms with van der Waals surface area (Å²) < 4.78 is 9.36. The number of unbranched alkanes of at least 4 members (excludes halogenated alkanes) is 1. The summed E-state index contributed by atoms with van der Waals surface area (Å²) in [4.78, 5) is 37.9. The molecule has 0 aliphatic carbocycles. The minimum absolute atomic E-state index is 0.0506. The molecule has 22 heavy (non-hydrogen) atoms. The van der Waals surface area contributed by atoms with E-state index in [1.165, 1.54) is 14.2 Å². The number of carbonyl (C=O) groups is 3. The van der Waals surface area contributed by atoms with E-state index in [9.17, 15) is 14.4 Å². The maximum absolute atomic E-state index is 11.9. The van der Waals surface area contributed by atoms with Gasteiger partial charge >= 0.3 is 12.0 Å². The number of ether oxygens (including phenoxy) is 2. The maximum atomic E-state index is 11.9. The highest BCUT2D eigenvalue weighted by molar-refractivity contribution is 5.78. The van der Waals surface area contributed by atoms with Crippen LogP contribution in [0.4, 0.5) is 4.79 Å². The van der Waals surface area contributed by atoms with Crippen LogP contribution in [0.25, 0.3) is 0 Å². The number of rotatable bonds is 7. The van der Waals surface area contributed by atoms with Crippen LogP contribution in [0.3, 0.4) is 0 Å². The van der Waals surface area contributed by atoms with E-state index in [0.717, 1.165) is 6.42 Å². The van der Waals surface area contributed by atoms with Gasteiger partial charge in [0.25, 0.3) is 0 Å². The molecule has 1 saturated heterocycles. The van der Waals surface area contributed by atoms with Crippen molar-refractivity contribution >= 4 is 17.9 Å². The van der Waals surface area contributed by atoms with Crippen molar-refractivity contribution in [1.29, 1.82) is 0 Å². The molecule has 0 aromatic heterocycles. The van der Waals surface area contributed by atoms with Crippen molar-refractivity contribution in [2.45, 2.75) is 19.3 Å². The highest BCUT2D eigenvalue weighted by atomic mass is 16.5. The summed E-state index contributed by atoms with van der Waals surface area (Å²) in [5, 5.41) is 2.82. The highest BCUT2D eigenvalue weighted by Gasteiger charge is 2.23. The smallest absolute Gasteiger partial charge is 0.317 e. The van der Waals surface area contributed by atoms with Crippen LogP contribution < -0.4 is 5.32 Å². The van der Waals surface area contributed by atoms with Crippen molar-refractivity contribution in [3.8, 4) is 0 Å². The summed E-state index contributed by atoms with van der Waals surface area (Å²) in [5.41, 5.74) is 0. The van der Waals surface area contributed by atoms with Crippen LogP contribution in [0.2, 0.25) is 0 Å². The van der Waals surface area contributed by atoms with Gasteiger partial charge in [-0.05, 0) is 12.8 Å². The lowest BCUT2D eigenvalue weighted by atomic mass is 10.2. The second-order valence-corrected chi connectivity index (χ2v) is 5.07. The van der Waals surface area contributed by atoms with Gasteiger partial charge in [0.15, 0.2) is 0 Å². The van der Waals surface area contributed by atoms with Crippen molar-refractivity contribution in [2.24, 2.45) is 0 Å². The molecule has 1 heterocycles. The molecule has 0 spiro atoms. The Bertz CT molecular complexity index is 381. The van der Waals surface area contributed by atoms with E-state index in [2.05, 4.69) is 10.1 Å². The lowest BCUT2D eigenvalue weighted by Gasteiger charge is -2.34. The van der Waals surface area contributed by atoms with Gasteiger partial charge in [0.2, 0.25) is 5.91 Å². The third kappa shape index (κ3) is 6.30. The Labute approximate surface area is 130 Å². The van der Waals surface area contributed by atoms with E-state index >= 15 is 0 Å². The van der Waals surface area contributed by atoms with E-state index < -0.39 is 0 Å². The molecule has 0 bridgehead atoms. The van der Waals surface area contributed by atoms with Gasteiger partial charge in [-0.3, -0.25) is 9.59 Å². The zero-order valence-corrected chi connectivity index (χ0v) is 13.3. The molecular weight excluding hydrogens is 290 g/mol. The third-order valence-corrected chi connectivity index (χ3v) is 3.50. The van der Waals surface area contributed by atoms with Crippen LogP contribution in [-0.4, -0.2) is 81.3 Å². The molecule has 0 radical (unpaired) electrons. The van der Waals surface area contributed by atoms with Gasteiger partial charge in [-0.15, -0.1) is 0 Å². The van der Waals surface area contributed by atoms with Crippen LogP contribution in [0.15, 0.2) is 0 Å². The monoisotopic (exact) mass is 315 g/mol. The van der Waals surface area contributed by atoms with Gasteiger partial charge in [0, 0.05) is 46.3 Å². The molecule has 0 saturated carbocycles. The number of methoxy groups -OCH3 is 2. The molecule has 0 aromatic rings. The predicted octanol–water partition coefficient (Wildman–Crippen LogP) is -0.170. The summed E-state index contributed by atoms with van der Waals surface area (Å²) in [7, 11) is 2.85. The molecule has 0 atom stereocenters. The Hall–Kier alpha value is -1.83. The molecular formula is C14H25N3O5. The van der Waals surface area contributed by atoms with Crippen LogP contribution in [-0.2, 0) is 19.1 Å². The Kier molecular flexibility index (Phi) is 8.27. The first-order chi connectivity index (χ1) is 10.6. The van der Waals surface area contributed by atoms with Gasteiger partial charge in [-0.1, -0.05) is 0 Å². The molecule has 1 fully saturated rings. The first-order valence-electron chi connectivity index (χ1n) is 7.44. The number of hydrogen-bond acceptors (Lipinski definition) is 5. The summed E-state index contributed by atoms with van der Waals surface area (Å²) in [6, 6.07) is -0.128. The lowest BCUT2D eigenvalue weighted by Crippen LogP contribution is -2.53. The largest absolute Gasteiger partial charge is 0.469 e. The summed E-state index contributed by atoms with van der Waals surface area (Å²) in [6.07, 6.45) is 1.78. The molecule has 126 valence electrons. The number of esters is 1. The Balaban J connectivity index is 2.15. The highest BCUT2D eigenvalue weighted by Crippen LogP contribution is 2.03. The Morgan fingerprint density at radius 1 is 1.00 bits per heavy atom. The topological polar surface area (TPSA) is 88.2 Å². The Morgan fingerprint density at radius 2 is 1.64 bits per heavy atom. The normalized spacial score (nSPS) is 14.6. The average Bonchev–Trinajstić information content (AvgIpc) is 2.54. The first-order valence-corrected chi connectivity index (χ1v) is 7.44. The number of amides is 3. The Morgan fingerprint density at radius 3 is 2.23 bits per heavy atom. The van der Waals surface area contributed by atoms with Crippen LogP contribution in [0.1, 0.15) is 19.3 Å². The number of nitrogens with zero attached hydrogens (tertiary/aromatic N) is 2. The van der Waals surface area contributed by atoms with Crippen molar-refractivity contribution in [2.75, 3.05) is 53.6 Å². The van der Waals surface area contributed by atoms with E-state index in [0.29, 0.717) is 45.6 Å². The number of urea groups is 1. The van der Waals surface area contributed by atoms with E-state index in [-0.39, 0.29) is 24.5 Å². The predicted molar refractivity (Wildman–Crippen MR) is 79.3 cm³/mol. The summed E-state index contributed by atoms with van der Waals surface area (Å²) >= 11 is 0. The van der Waals surface area contributed by atoms with Crippen molar-refractivity contribution < 1.29 is 23.9 Å². The number of carbonyl (C=O) groups excluding carboxylic acids is 3. The second kappa shape index (κ2) is 9.99. The zero-order valence-electron chi connectivity index (χ0n) is 13.3. The molecule has 1 aliphatic heterocycles. The molecule has 0 aromatic carbocycles. The average molecular weight is 315 g/mol. The minimum Gasteiger partial charge on any atom is -0.469 e. The van der Waals surface area contributed by atoms with Crippen molar-refractivity contribution in [3.05, 3.63) is 0 Å². The van der Waals surface area contributed by atoms with Crippen LogP contribution >= 0.6 is 0 Å². The van der Waals surface area contributed by atoms with E-state index in [1.807, 2.05) is 0 Å². The lowest BCUT2D eigenvalue weighted by molar-refractivity contribution is -0.140. The molecule has 1 aliphatic rings. The van der Waals surface area contributed by atoms with Crippen LogP contribution in [0.5, 0.6) is 0 Å². The fourth-order valence-corrected chi connectivity index (χ4v) is 2.18. The van der Waals surface area contributed by atoms with E-state index in [4.69, 9.17) is 4.74 Å². The minimum atomic E-state index is -0.233. The third-order valence-electron chi connectivity index (χ3n) is 3.50. The zero-order chi connectivity index (χ0) is 16.4. The summed E-state index contributed by atoms with van der Waals surface area (Å²) in [5.74, 6) is -0.284. The van der Waals surface area contributed by atoms with Crippen molar-refractivity contribution in [3.63, 3.8) is 0 Å². The number of hydrogen-bond donors (Lipinski definition) is 1.